The molecule has 2 aromatic heterocycles. The molecule has 0 aliphatic rings. The maximum atomic E-state index is 12.6. The molecule has 0 aliphatic carbocycles. The molecule has 190 valence electrons. The third-order valence-corrected chi connectivity index (χ3v) is 7.75. The quantitative estimate of drug-likeness (QED) is 0.160. The Balaban J connectivity index is 1.50. The summed E-state index contributed by atoms with van der Waals surface area (Å²) in [6.07, 6.45) is 4.07. The molecule has 0 aliphatic heterocycles. The number of hydrogen-bond donors (Lipinski definition) is 2. The van der Waals surface area contributed by atoms with E-state index in [1.807, 2.05) is 24.3 Å². The number of pyridine rings is 1. The largest absolute Gasteiger partial charge is 0.382 e. The van der Waals surface area contributed by atoms with Gasteiger partial charge in [-0.3, -0.25) is 10.1 Å². The molecular formula is C24H27ClN6O4S. The number of nitro groups is 1. The van der Waals surface area contributed by atoms with E-state index in [0.29, 0.717) is 30.7 Å². The number of nitro benzene ring substituents is 1. The number of aromatic nitrogens is 3. The summed E-state index contributed by atoms with van der Waals surface area (Å²) >= 11 is 5.79. The van der Waals surface area contributed by atoms with E-state index in [1.165, 1.54) is 12.1 Å². The van der Waals surface area contributed by atoms with Gasteiger partial charge in [0.25, 0.3) is 5.69 Å². The van der Waals surface area contributed by atoms with Crippen LogP contribution in [0.2, 0.25) is 5.02 Å². The van der Waals surface area contributed by atoms with Gasteiger partial charge in [-0.25, -0.2) is 23.1 Å². The molecule has 4 aromatic rings. The molecule has 0 spiro atoms. The number of fused-ring (bicyclic) bond motifs is 3. The average Bonchev–Trinajstić information content (AvgIpc) is 3.21. The van der Waals surface area contributed by atoms with E-state index in [1.54, 1.807) is 0 Å². The molecule has 0 radical (unpaired) electrons. The molecule has 10 nitrogen and oxygen atoms in total. The molecule has 0 atom stereocenters. The molecule has 0 unspecified atom stereocenters. The number of rotatable bonds is 11. The SMILES string of the molecule is CCCCc1nc2c(N)nc3ccccc3c2n1CCCCNS(=O)(=O)c1ccc(Cl)c([N+](=O)[O-])c1. The van der Waals surface area contributed by atoms with Crippen LogP contribution in [-0.4, -0.2) is 34.4 Å². The lowest BCUT2D eigenvalue weighted by Crippen LogP contribution is -2.25. The summed E-state index contributed by atoms with van der Waals surface area (Å²) in [5.74, 6) is 1.33. The highest BCUT2D eigenvalue weighted by molar-refractivity contribution is 7.89. The summed E-state index contributed by atoms with van der Waals surface area (Å²) in [7, 11) is -3.91. The highest BCUT2D eigenvalue weighted by Crippen LogP contribution is 2.30. The molecular weight excluding hydrogens is 504 g/mol. The van der Waals surface area contributed by atoms with E-state index < -0.39 is 20.6 Å². The van der Waals surface area contributed by atoms with Crippen LogP contribution in [0.3, 0.4) is 0 Å². The molecule has 0 fully saturated rings. The number of unbranched alkanes of at least 4 members (excludes halogenated alkanes) is 2. The number of hydrogen-bond acceptors (Lipinski definition) is 7. The smallest absolute Gasteiger partial charge is 0.289 e. The lowest BCUT2D eigenvalue weighted by atomic mass is 10.2. The lowest BCUT2D eigenvalue weighted by molar-refractivity contribution is -0.384. The summed E-state index contributed by atoms with van der Waals surface area (Å²) in [5.41, 5.74) is 8.21. The van der Waals surface area contributed by atoms with Crippen LogP contribution in [0.1, 0.15) is 38.4 Å². The standard InChI is InChI=1S/C24H27ClN6O4S/c1-2-3-10-21-29-22-23(17-8-4-5-9-19(17)28-24(22)26)30(21)14-7-6-13-27-36(34,35)16-11-12-18(25)20(15-16)31(32)33/h4-5,8-9,11-12,15,27H,2-3,6-7,10,13-14H2,1H3,(H2,26,28). The first-order valence-electron chi connectivity index (χ1n) is 11.7. The van der Waals surface area contributed by atoms with Gasteiger partial charge < -0.3 is 10.3 Å². The second kappa shape index (κ2) is 10.8. The van der Waals surface area contributed by atoms with Crippen LogP contribution in [0.5, 0.6) is 0 Å². The number of nitrogen functional groups attached to an aromatic ring is 1. The highest BCUT2D eigenvalue weighted by atomic mass is 35.5. The number of sulfonamides is 1. The van der Waals surface area contributed by atoms with Crippen LogP contribution in [0.25, 0.3) is 21.9 Å². The van der Waals surface area contributed by atoms with Gasteiger partial charge in [0, 0.05) is 31.0 Å². The van der Waals surface area contributed by atoms with Crippen molar-refractivity contribution >= 4 is 55.1 Å². The summed E-state index contributed by atoms with van der Waals surface area (Å²) in [4.78, 5) is 19.5. The average molecular weight is 531 g/mol. The molecule has 0 bridgehead atoms. The Bertz CT molecular complexity index is 1540. The van der Waals surface area contributed by atoms with Gasteiger partial charge in [-0.1, -0.05) is 43.1 Å². The fraction of sp³-hybridized carbons (Fsp3) is 0.333. The lowest BCUT2D eigenvalue weighted by Gasteiger charge is -2.11. The predicted octanol–water partition coefficient (Wildman–Crippen LogP) is 4.83. The van der Waals surface area contributed by atoms with Crippen molar-refractivity contribution in [3.8, 4) is 0 Å². The van der Waals surface area contributed by atoms with Crippen molar-refractivity contribution in [2.75, 3.05) is 12.3 Å². The van der Waals surface area contributed by atoms with Crippen LogP contribution in [0.4, 0.5) is 11.5 Å². The Morgan fingerprint density at radius 2 is 1.92 bits per heavy atom. The van der Waals surface area contributed by atoms with E-state index in [0.717, 1.165) is 47.6 Å². The van der Waals surface area contributed by atoms with Crippen LogP contribution < -0.4 is 10.5 Å². The summed E-state index contributed by atoms with van der Waals surface area (Å²) in [6, 6.07) is 11.2. The van der Waals surface area contributed by atoms with Gasteiger partial charge in [-0.05, 0) is 37.5 Å². The van der Waals surface area contributed by atoms with Crippen LogP contribution in [0, 0.1) is 10.1 Å². The topological polar surface area (TPSA) is 146 Å². The Labute approximate surface area is 213 Å². The van der Waals surface area contributed by atoms with E-state index in [-0.39, 0.29) is 16.5 Å². The van der Waals surface area contributed by atoms with Crippen molar-refractivity contribution in [1.29, 1.82) is 0 Å². The Hall–Kier alpha value is -3.28. The molecule has 12 heteroatoms. The number of nitrogens with one attached hydrogen (secondary N) is 1. The second-order valence-corrected chi connectivity index (χ2v) is 10.6. The maximum absolute atomic E-state index is 12.6. The van der Waals surface area contributed by atoms with Gasteiger partial charge in [0.05, 0.1) is 20.9 Å². The number of halogens is 1. The number of benzene rings is 2. The number of anilines is 1. The fourth-order valence-corrected chi connectivity index (χ4v) is 5.44. The molecule has 36 heavy (non-hydrogen) atoms. The number of nitrogens with two attached hydrogens (primary N) is 1. The normalized spacial score (nSPS) is 11.9. The minimum Gasteiger partial charge on any atom is -0.382 e. The summed E-state index contributed by atoms with van der Waals surface area (Å²) in [5, 5.41) is 11.9. The fourth-order valence-electron chi connectivity index (χ4n) is 4.16. The first-order chi connectivity index (χ1) is 17.2. The van der Waals surface area contributed by atoms with Crippen LogP contribution in [0.15, 0.2) is 47.4 Å². The second-order valence-electron chi connectivity index (χ2n) is 8.47. The number of nitrogens with zero attached hydrogens (tertiary/aromatic N) is 4. The van der Waals surface area contributed by atoms with Crippen molar-refractivity contribution < 1.29 is 13.3 Å². The Kier molecular flexibility index (Phi) is 7.72. The van der Waals surface area contributed by atoms with Gasteiger partial charge in [-0.2, -0.15) is 0 Å². The van der Waals surface area contributed by atoms with Gasteiger partial charge in [-0.15, -0.1) is 0 Å². The predicted molar refractivity (Wildman–Crippen MR) is 141 cm³/mol. The third-order valence-electron chi connectivity index (χ3n) is 5.97. The number of para-hydroxylation sites is 1. The minimum absolute atomic E-state index is 0.117. The monoisotopic (exact) mass is 530 g/mol. The maximum Gasteiger partial charge on any atom is 0.289 e. The molecule has 2 aromatic carbocycles. The van der Waals surface area contributed by atoms with Crippen molar-refractivity contribution in [2.45, 2.75) is 50.5 Å². The van der Waals surface area contributed by atoms with E-state index in [2.05, 4.69) is 21.2 Å². The van der Waals surface area contributed by atoms with Crippen molar-refractivity contribution in [3.05, 3.63) is 63.4 Å². The Morgan fingerprint density at radius 1 is 1.14 bits per heavy atom. The molecule has 3 N–H and O–H groups in total. The first kappa shape index (κ1) is 25.8. The van der Waals surface area contributed by atoms with E-state index in [4.69, 9.17) is 22.3 Å². The zero-order valence-electron chi connectivity index (χ0n) is 19.8. The molecule has 0 saturated carbocycles. The molecule has 0 saturated heterocycles. The minimum atomic E-state index is -3.91. The Morgan fingerprint density at radius 3 is 2.67 bits per heavy atom. The van der Waals surface area contributed by atoms with Gasteiger partial charge >= 0.3 is 0 Å². The van der Waals surface area contributed by atoms with Crippen molar-refractivity contribution in [3.63, 3.8) is 0 Å². The summed E-state index contributed by atoms with van der Waals surface area (Å²) < 4.78 is 29.9. The van der Waals surface area contributed by atoms with Gasteiger partial charge in [0.2, 0.25) is 10.0 Å². The number of aryl methyl sites for hydroxylation is 2. The molecule has 0 amide bonds. The zero-order chi connectivity index (χ0) is 25.9. The van der Waals surface area contributed by atoms with Gasteiger partial charge in [0.15, 0.2) is 5.82 Å². The van der Waals surface area contributed by atoms with E-state index in [9.17, 15) is 18.5 Å². The molecule has 4 rings (SSSR count). The van der Waals surface area contributed by atoms with Crippen molar-refractivity contribution in [2.24, 2.45) is 0 Å². The van der Waals surface area contributed by atoms with Crippen LogP contribution in [-0.2, 0) is 23.0 Å². The highest BCUT2D eigenvalue weighted by Gasteiger charge is 2.21. The summed E-state index contributed by atoms with van der Waals surface area (Å²) in [6.45, 7) is 2.94. The van der Waals surface area contributed by atoms with E-state index >= 15 is 0 Å². The third kappa shape index (κ3) is 5.28. The molecule has 2 heterocycles. The first-order valence-corrected chi connectivity index (χ1v) is 13.6. The van der Waals surface area contributed by atoms with Crippen LogP contribution >= 0.6 is 11.6 Å². The van der Waals surface area contributed by atoms with Crippen molar-refractivity contribution in [1.82, 2.24) is 19.3 Å². The zero-order valence-corrected chi connectivity index (χ0v) is 21.3. The number of imidazole rings is 1. The van der Waals surface area contributed by atoms with Gasteiger partial charge in [0.1, 0.15) is 16.4 Å².